The number of nitrogens with one attached hydrogen (secondary N) is 1. The zero-order chi connectivity index (χ0) is 19.4. The van der Waals surface area contributed by atoms with Gasteiger partial charge in [-0.3, -0.25) is 0 Å². The van der Waals surface area contributed by atoms with E-state index in [1.165, 1.54) is 18.3 Å². The minimum atomic E-state index is -3.51. The first-order chi connectivity index (χ1) is 12.9. The second kappa shape index (κ2) is 7.80. The van der Waals surface area contributed by atoms with E-state index in [1.54, 1.807) is 30.3 Å². The third-order valence-electron chi connectivity index (χ3n) is 3.66. The van der Waals surface area contributed by atoms with Crippen LogP contribution in [0, 0.1) is 11.3 Å². The lowest BCUT2D eigenvalue weighted by atomic mass is 10.3. The smallest absolute Gasteiger partial charge is 0.239 e. The summed E-state index contributed by atoms with van der Waals surface area (Å²) in [5, 5.41) is 21.6. The highest BCUT2D eigenvalue weighted by Gasteiger charge is 2.14. The largest absolute Gasteiger partial charge is 0.435 e. The molecule has 3 aromatic rings. The van der Waals surface area contributed by atoms with E-state index in [0.717, 1.165) is 0 Å². The van der Waals surface area contributed by atoms with Gasteiger partial charge in [-0.25, -0.2) is 13.4 Å². The minimum Gasteiger partial charge on any atom is -0.435 e. The molecule has 0 saturated heterocycles. The standard InChI is InChI=1S/C18H14ClN3O4S/c19-13-1-6-17-16(9-13)22-18(26-17)12(10-20)11-21-14-2-4-15(5-3-14)27(24,25)8-7-23/h1-6,9,11,21,23H,7-8H2/b12-11+. The van der Waals surface area contributed by atoms with Gasteiger partial charge in [0.25, 0.3) is 0 Å². The van der Waals surface area contributed by atoms with Crippen LogP contribution in [0.5, 0.6) is 0 Å². The molecular formula is C18H14ClN3O4S. The molecule has 0 unspecified atom stereocenters. The second-order valence-corrected chi connectivity index (χ2v) is 8.06. The molecule has 0 aliphatic rings. The van der Waals surface area contributed by atoms with E-state index < -0.39 is 16.4 Å². The van der Waals surface area contributed by atoms with Crippen molar-refractivity contribution in [3.63, 3.8) is 0 Å². The monoisotopic (exact) mass is 403 g/mol. The van der Waals surface area contributed by atoms with Crippen molar-refractivity contribution in [1.82, 2.24) is 4.98 Å². The molecule has 1 heterocycles. The van der Waals surface area contributed by atoms with E-state index in [1.807, 2.05) is 6.07 Å². The highest BCUT2D eigenvalue weighted by Crippen LogP contribution is 2.24. The van der Waals surface area contributed by atoms with Crippen molar-refractivity contribution in [2.24, 2.45) is 0 Å². The van der Waals surface area contributed by atoms with Gasteiger partial charge < -0.3 is 14.8 Å². The number of nitriles is 1. The Morgan fingerprint density at radius 2 is 2.04 bits per heavy atom. The molecule has 3 rings (SSSR count). The normalized spacial score (nSPS) is 12.1. The van der Waals surface area contributed by atoms with Crippen molar-refractivity contribution >= 4 is 43.8 Å². The van der Waals surface area contributed by atoms with Gasteiger partial charge in [0, 0.05) is 16.9 Å². The van der Waals surface area contributed by atoms with E-state index in [4.69, 9.17) is 21.1 Å². The summed E-state index contributed by atoms with van der Waals surface area (Å²) in [4.78, 5) is 4.35. The van der Waals surface area contributed by atoms with Gasteiger partial charge in [0.05, 0.1) is 17.3 Å². The number of allylic oxidation sites excluding steroid dienone is 1. The SMILES string of the molecule is N#C/C(=C\Nc1ccc(S(=O)(=O)CCO)cc1)c1nc2cc(Cl)ccc2o1. The molecule has 2 N–H and O–H groups in total. The summed E-state index contributed by atoms with van der Waals surface area (Å²) in [5.74, 6) is -0.190. The van der Waals surface area contributed by atoms with Crippen LogP contribution < -0.4 is 5.32 Å². The Kier molecular flexibility index (Phi) is 5.46. The molecule has 2 aromatic carbocycles. The first-order valence-corrected chi connectivity index (χ1v) is 9.83. The van der Waals surface area contributed by atoms with Crippen LogP contribution in [0.2, 0.25) is 5.02 Å². The molecule has 138 valence electrons. The number of fused-ring (bicyclic) bond motifs is 1. The van der Waals surface area contributed by atoms with Crippen molar-refractivity contribution in [3.8, 4) is 6.07 Å². The zero-order valence-corrected chi connectivity index (χ0v) is 15.5. The molecule has 9 heteroatoms. The Morgan fingerprint density at radius 3 is 2.70 bits per heavy atom. The van der Waals surface area contributed by atoms with E-state index in [-0.39, 0.29) is 22.1 Å². The highest BCUT2D eigenvalue weighted by molar-refractivity contribution is 7.91. The maximum absolute atomic E-state index is 11.9. The summed E-state index contributed by atoms with van der Waals surface area (Å²) in [6.45, 7) is -0.438. The average molecular weight is 404 g/mol. The van der Waals surface area contributed by atoms with Crippen LogP contribution in [-0.2, 0) is 9.84 Å². The summed E-state index contributed by atoms with van der Waals surface area (Å²) >= 11 is 5.92. The fourth-order valence-corrected chi connectivity index (χ4v) is 3.50. The van der Waals surface area contributed by atoms with Gasteiger partial charge in [0.1, 0.15) is 17.2 Å². The summed E-state index contributed by atoms with van der Waals surface area (Å²) in [5.41, 5.74) is 1.79. The topological polar surface area (TPSA) is 116 Å². The summed E-state index contributed by atoms with van der Waals surface area (Å²) in [6, 6.07) is 12.9. The molecular weight excluding hydrogens is 390 g/mol. The van der Waals surface area contributed by atoms with E-state index in [9.17, 15) is 13.7 Å². The average Bonchev–Trinajstić information content (AvgIpc) is 3.05. The number of oxazole rings is 1. The summed E-state index contributed by atoms with van der Waals surface area (Å²) < 4.78 is 29.3. The molecule has 0 bridgehead atoms. The first kappa shape index (κ1) is 18.9. The van der Waals surface area contributed by atoms with Crippen LogP contribution in [0.1, 0.15) is 5.89 Å². The Labute approximate surface area is 160 Å². The fraction of sp³-hybridized carbons (Fsp3) is 0.111. The number of rotatable bonds is 6. The van der Waals surface area contributed by atoms with E-state index >= 15 is 0 Å². The number of aliphatic hydroxyl groups is 1. The number of hydrogen-bond acceptors (Lipinski definition) is 7. The summed E-state index contributed by atoms with van der Waals surface area (Å²) in [6.07, 6.45) is 1.42. The summed E-state index contributed by atoms with van der Waals surface area (Å²) in [7, 11) is -3.51. The molecule has 7 nitrogen and oxygen atoms in total. The second-order valence-electron chi connectivity index (χ2n) is 5.51. The Morgan fingerprint density at radius 1 is 1.30 bits per heavy atom. The van der Waals surface area contributed by atoms with Gasteiger partial charge >= 0.3 is 0 Å². The number of anilines is 1. The van der Waals surface area contributed by atoms with Crippen LogP contribution in [-0.4, -0.2) is 30.9 Å². The lowest BCUT2D eigenvalue weighted by molar-refractivity contribution is 0.319. The molecule has 0 amide bonds. The zero-order valence-electron chi connectivity index (χ0n) is 13.9. The number of hydrogen-bond donors (Lipinski definition) is 2. The molecule has 0 atom stereocenters. The predicted molar refractivity (Wildman–Crippen MR) is 102 cm³/mol. The van der Waals surface area contributed by atoms with E-state index in [0.29, 0.717) is 21.8 Å². The van der Waals surface area contributed by atoms with Gasteiger partial charge in [-0.1, -0.05) is 11.6 Å². The fourth-order valence-electron chi connectivity index (χ4n) is 2.31. The lowest BCUT2D eigenvalue weighted by Crippen LogP contribution is -2.09. The van der Waals surface area contributed by atoms with Crippen molar-refractivity contribution in [3.05, 3.63) is 59.6 Å². The Bertz CT molecular complexity index is 1150. The molecule has 0 aliphatic heterocycles. The molecule has 27 heavy (non-hydrogen) atoms. The number of aliphatic hydroxyl groups excluding tert-OH is 1. The van der Waals surface area contributed by atoms with Crippen molar-refractivity contribution in [2.45, 2.75) is 4.90 Å². The van der Waals surface area contributed by atoms with Crippen molar-refractivity contribution in [1.29, 1.82) is 5.26 Å². The quantitative estimate of drug-likeness (QED) is 0.607. The van der Waals surface area contributed by atoms with Gasteiger partial charge in [-0.15, -0.1) is 0 Å². The highest BCUT2D eigenvalue weighted by atomic mass is 35.5. The van der Waals surface area contributed by atoms with Gasteiger partial charge in [-0.05, 0) is 42.5 Å². The van der Waals surface area contributed by atoms with Crippen LogP contribution in [0.25, 0.3) is 16.7 Å². The molecule has 1 aromatic heterocycles. The van der Waals surface area contributed by atoms with Crippen LogP contribution in [0.4, 0.5) is 5.69 Å². The molecule has 0 fully saturated rings. The Hall–Kier alpha value is -2.86. The van der Waals surface area contributed by atoms with Crippen molar-refractivity contribution in [2.75, 3.05) is 17.7 Å². The molecule has 0 aliphatic carbocycles. The van der Waals surface area contributed by atoms with Crippen molar-refractivity contribution < 1.29 is 17.9 Å². The maximum Gasteiger partial charge on any atom is 0.239 e. The molecule has 0 spiro atoms. The predicted octanol–water partition coefficient (Wildman–Crippen LogP) is 3.22. The molecule has 0 radical (unpaired) electrons. The van der Waals surface area contributed by atoms with Gasteiger partial charge in [0.2, 0.25) is 5.89 Å². The number of sulfone groups is 1. The first-order valence-electron chi connectivity index (χ1n) is 7.80. The maximum atomic E-state index is 11.9. The Balaban J connectivity index is 1.81. The van der Waals surface area contributed by atoms with Crippen LogP contribution in [0.15, 0.2) is 58.0 Å². The van der Waals surface area contributed by atoms with Crippen LogP contribution >= 0.6 is 11.6 Å². The molecule has 0 saturated carbocycles. The lowest BCUT2D eigenvalue weighted by Gasteiger charge is -2.05. The van der Waals surface area contributed by atoms with Gasteiger partial charge in [0.15, 0.2) is 15.4 Å². The van der Waals surface area contributed by atoms with Crippen LogP contribution in [0.3, 0.4) is 0 Å². The number of benzene rings is 2. The number of aromatic nitrogens is 1. The minimum absolute atomic E-state index is 0.113. The number of nitrogens with zero attached hydrogens (tertiary/aromatic N) is 2. The third-order valence-corrected chi connectivity index (χ3v) is 5.60. The third kappa shape index (κ3) is 4.28. The van der Waals surface area contributed by atoms with E-state index in [2.05, 4.69) is 10.3 Å². The number of halogens is 1. The van der Waals surface area contributed by atoms with Gasteiger partial charge in [-0.2, -0.15) is 5.26 Å².